The van der Waals surface area contributed by atoms with E-state index in [9.17, 15) is 0 Å². The fourth-order valence-corrected chi connectivity index (χ4v) is 2.28. The van der Waals surface area contributed by atoms with Gasteiger partial charge in [-0.05, 0) is 49.2 Å². The van der Waals surface area contributed by atoms with Crippen LogP contribution >= 0.6 is 0 Å². The number of anilines is 1. The lowest BCUT2D eigenvalue weighted by atomic mass is 10.2. The van der Waals surface area contributed by atoms with Crippen molar-refractivity contribution in [2.75, 3.05) is 12.3 Å². The molecule has 0 unspecified atom stereocenters. The maximum atomic E-state index is 6.05. The molecule has 0 spiro atoms. The van der Waals surface area contributed by atoms with Crippen molar-refractivity contribution in [2.45, 2.75) is 20.3 Å². The Hall–Kier alpha value is -2.56. The summed E-state index contributed by atoms with van der Waals surface area (Å²) in [5, 5.41) is 0. The monoisotopic (exact) mass is 282 g/mol. The number of imidazole rings is 1. The van der Waals surface area contributed by atoms with Crippen molar-refractivity contribution in [3.8, 4) is 11.4 Å². The van der Waals surface area contributed by atoms with Crippen LogP contribution in [0.5, 0.6) is 5.75 Å². The Balaban J connectivity index is 2.04. The first-order valence-corrected chi connectivity index (χ1v) is 7.03. The summed E-state index contributed by atoms with van der Waals surface area (Å²) in [5.41, 5.74) is 9.65. The van der Waals surface area contributed by atoms with E-state index in [1.165, 1.54) is 0 Å². The number of aromatic nitrogens is 3. The molecule has 5 heteroatoms. The standard InChI is InChI=1S/C16H18N4O/c1-3-10-21-13-6-4-12(5-7-13)20-15-14(19-16(20)17)11(2)8-9-18-15/h4-9H,3,10H2,1-2H3,(H2,17,19). The van der Waals surface area contributed by atoms with Gasteiger partial charge in [0.05, 0.1) is 12.3 Å². The van der Waals surface area contributed by atoms with Gasteiger partial charge in [-0.1, -0.05) is 6.92 Å². The van der Waals surface area contributed by atoms with Crippen molar-refractivity contribution < 1.29 is 4.74 Å². The van der Waals surface area contributed by atoms with Crippen molar-refractivity contribution >= 4 is 17.1 Å². The Kier molecular flexibility index (Phi) is 3.48. The van der Waals surface area contributed by atoms with Gasteiger partial charge in [-0.25, -0.2) is 9.97 Å². The van der Waals surface area contributed by atoms with E-state index in [-0.39, 0.29) is 0 Å². The largest absolute Gasteiger partial charge is 0.494 e. The number of nitrogens with two attached hydrogens (primary N) is 1. The molecule has 0 bridgehead atoms. The molecular weight excluding hydrogens is 264 g/mol. The molecular formula is C16H18N4O. The minimum atomic E-state index is 0.439. The zero-order valence-electron chi connectivity index (χ0n) is 12.2. The molecule has 1 aromatic carbocycles. The SMILES string of the molecule is CCCOc1ccc(-n2c(N)nc3c(C)ccnc32)cc1. The van der Waals surface area contributed by atoms with Gasteiger partial charge in [0.25, 0.3) is 0 Å². The molecule has 0 aliphatic heterocycles. The number of fused-ring (bicyclic) bond motifs is 1. The van der Waals surface area contributed by atoms with E-state index >= 15 is 0 Å². The highest BCUT2D eigenvalue weighted by Gasteiger charge is 2.12. The lowest BCUT2D eigenvalue weighted by molar-refractivity contribution is 0.317. The van der Waals surface area contributed by atoms with Crippen molar-refractivity contribution in [1.82, 2.24) is 14.5 Å². The van der Waals surface area contributed by atoms with Crippen molar-refractivity contribution in [1.29, 1.82) is 0 Å². The normalized spacial score (nSPS) is 11.0. The molecule has 2 aromatic heterocycles. The average Bonchev–Trinajstić information content (AvgIpc) is 2.83. The second-order valence-electron chi connectivity index (χ2n) is 4.95. The number of nitrogen functional groups attached to an aromatic ring is 1. The molecule has 0 fully saturated rings. The van der Waals surface area contributed by atoms with Gasteiger partial charge in [-0.15, -0.1) is 0 Å². The number of hydrogen-bond acceptors (Lipinski definition) is 4. The highest BCUT2D eigenvalue weighted by atomic mass is 16.5. The smallest absolute Gasteiger partial charge is 0.207 e. The fourth-order valence-electron chi connectivity index (χ4n) is 2.28. The number of aryl methyl sites for hydroxylation is 1. The fraction of sp³-hybridized carbons (Fsp3) is 0.250. The van der Waals surface area contributed by atoms with Crippen molar-refractivity contribution in [2.24, 2.45) is 0 Å². The van der Waals surface area contributed by atoms with Crippen LogP contribution < -0.4 is 10.5 Å². The Morgan fingerprint density at radius 2 is 1.95 bits per heavy atom. The molecule has 0 saturated carbocycles. The summed E-state index contributed by atoms with van der Waals surface area (Å²) >= 11 is 0. The van der Waals surface area contributed by atoms with E-state index in [0.717, 1.165) is 41.2 Å². The summed E-state index contributed by atoms with van der Waals surface area (Å²) in [5.74, 6) is 1.29. The van der Waals surface area contributed by atoms with Gasteiger partial charge in [0.2, 0.25) is 5.95 Å². The van der Waals surface area contributed by atoms with Crippen molar-refractivity contribution in [3.63, 3.8) is 0 Å². The molecule has 108 valence electrons. The predicted octanol–water partition coefficient (Wildman–Crippen LogP) is 3.10. The molecule has 0 aliphatic carbocycles. The minimum absolute atomic E-state index is 0.439. The van der Waals surface area contributed by atoms with E-state index in [1.807, 2.05) is 41.8 Å². The number of ether oxygens (including phenoxy) is 1. The van der Waals surface area contributed by atoms with Crippen LogP contribution in [-0.4, -0.2) is 21.1 Å². The molecule has 0 saturated heterocycles. The summed E-state index contributed by atoms with van der Waals surface area (Å²) in [4.78, 5) is 8.81. The number of benzene rings is 1. The van der Waals surface area contributed by atoms with Crippen molar-refractivity contribution in [3.05, 3.63) is 42.1 Å². The molecule has 21 heavy (non-hydrogen) atoms. The first-order chi connectivity index (χ1) is 10.2. The third kappa shape index (κ3) is 2.42. The lowest BCUT2D eigenvalue weighted by Crippen LogP contribution is -2.01. The second kappa shape index (κ2) is 5.44. The molecule has 0 atom stereocenters. The summed E-state index contributed by atoms with van der Waals surface area (Å²) in [6.45, 7) is 4.80. The van der Waals surface area contributed by atoms with Gasteiger partial charge in [-0.3, -0.25) is 4.57 Å². The first-order valence-electron chi connectivity index (χ1n) is 7.03. The van der Waals surface area contributed by atoms with Crippen LogP contribution in [-0.2, 0) is 0 Å². The van der Waals surface area contributed by atoms with E-state index in [4.69, 9.17) is 10.5 Å². The summed E-state index contributed by atoms with van der Waals surface area (Å²) in [7, 11) is 0. The lowest BCUT2D eigenvalue weighted by Gasteiger charge is -2.08. The number of hydrogen-bond donors (Lipinski definition) is 1. The molecule has 5 nitrogen and oxygen atoms in total. The summed E-state index contributed by atoms with van der Waals surface area (Å²) in [6, 6.07) is 9.73. The number of rotatable bonds is 4. The van der Waals surface area contributed by atoms with Crippen LogP contribution in [0, 0.1) is 6.92 Å². The van der Waals surface area contributed by atoms with E-state index in [2.05, 4.69) is 16.9 Å². The molecule has 2 heterocycles. The minimum Gasteiger partial charge on any atom is -0.494 e. The topological polar surface area (TPSA) is 66.0 Å². The zero-order chi connectivity index (χ0) is 14.8. The van der Waals surface area contributed by atoms with Gasteiger partial charge >= 0.3 is 0 Å². The number of nitrogens with zero attached hydrogens (tertiary/aromatic N) is 3. The van der Waals surface area contributed by atoms with Gasteiger partial charge in [0.15, 0.2) is 5.65 Å². The zero-order valence-corrected chi connectivity index (χ0v) is 12.2. The molecule has 0 amide bonds. The quantitative estimate of drug-likeness (QED) is 0.798. The third-order valence-electron chi connectivity index (χ3n) is 3.34. The average molecular weight is 282 g/mol. The van der Waals surface area contributed by atoms with E-state index in [0.29, 0.717) is 5.95 Å². The Morgan fingerprint density at radius 3 is 2.67 bits per heavy atom. The van der Waals surface area contributed by atoms with Gasteiger partial charge < -0.3 is 10.5 Å². The van der Waals surface area contributed by atoms with Gasteiger partial charge in [0.1, 0.15) is 11.3 Å². The molecule has 0 aliphatic rings. The third-order valence-corrected chi connectivity index (χ3v) is 3.34. The Labute approximate surface area is 123 Å². The van der Waals surface area contributed by atoms with Gasteiger partial charge in [-0.2, -0.15) is 0 Å². The van der Waals surface area contributed by atoms with Crippen LogP contribution in [0.25, 0.3) is 16.9 Å². The molecule has 2 N–H and O–H groups in total. The summed E-state index contributed by atoms with van der Waals surface area (Å²) in [6.07, 6.45) is 2.76. The maximum absolute atomic E-state index is 6.05. The first kappa shape index (κ1) is 13.4. The molecule has 0 radical (unpaired) electrons. The highest BCUT2D eigenvalue weighted by molar-refractivity contribution is 5.79. The maximum Gasteiger partial charge on any atom is 0.207 e. The van der Waals surface area contributed by atoms with Crippen LogP contribution in [0.2, 0.25) is 0 Å². The Morgan fingerprint density at radius 1 is 1.19 bits per heavy atom. The van der Waals surface area contributed by atoms with Gasteiger partial charge in [0, 0.05) is 6.20 Å². The number of pyridine rings is 1. The van der Waals surface area contributed by atoms with Crippen LogP contribution in [0.1, 0.15) is 18.9 Å². The summed E-state index contributed by atoms with van der Waals surface area (Å²) < 4.78 is 7.45. The van der Waals surface area contributed by atoms with Crippen LogP contribution in [0.4, 0.5) is 5.95 Å². The molecule has 3 rings (SSSR count). The predicted molar refractivity (Wildman–Crippen MR) is 83.8 cm³/mol. The Bertz CT molecular complexity index is 762. The second-order valence-corrected chi connectivity index (χ2v) is 4.95. The molecule has 3 aromatic rings. The van der Waals surface area contributed by atoms with Crippen LogP contribution in [0.15, 0.2) is 36.5 Å². The van der Waals surface area contributed by atoms with Crippen LogP contribution in [0.3, 0.4) is 0 Å². The van der Waals surface area contributed by atoms with E-state index in [1.54, 1.807) is 6.20 Å². The van der Waals surface area contributed by atoms with E-state index < -0.39 is 0 Å². The highest BCUT2D eigenvalue weighted by Crippen LogP contribution is 2.24.